The lowest BCUT2D eigenvalue weighted by Gasteiger charge is -2.15. The molecule has 0 radical (unpaired) electrons. The van der Waals surface area contributed by atoms with Crippen molar-refractivity contribution in [2.45, 2.75) is 13.0 Å². The van der Waals surface area contributed by atoms with Crippen LogP contribution in [-0.4, -0.2) is 21.1 Å². The Bertz CT molecular complexity index is 1010. The third-order valence-electron chi connectivity index (χ3n) is 4.02. The van der Waals surface area contributed by atoms with Crippen LogP contribution in [0.2, 0.25) is 5.02 Å². The van der Waals surface area contributed by atoms with Gasteiger partial charge in [-0.3, -0.25) is 13.9 Å². The van der Waals surface area contributed by atoms with Crippen molar-refractivity contribution < 1.29 is 9.53 Å². The van der Waals surface area contributed by atoms with Gasteiger partial charge in [0.05, 0.1) is 11.0 Å². The Balaban J connectivity index is 1.77. The second-order valence-electron chi connectivity index (χ2n) is 5.81. The molecule has 0 bridgehead atoms. The number of fused-ring (bicyclic) bond motifs is 1. The summed E-state index contributed by atoms with van der Waals surface area (Å²) in [5, 5.41) is 3.35. The molecule has 1 N–H and O–H groups in total. The van der Waals surface area contributed by atoms with Gasteiger partial charge >= 0.3 is 5.69 Å². The Hall–Kier alpha value is -2.73. The molecular formula is C18H18ClN3O3. The van der Waals surface area contributed by atoms with E-state index in [0.717, 1.165) is 11.0 Å². The van der Waals surface area contributed by atoms with Gasteiger partial charge in [-0.05, 0) is 43.3 Å². The summed E-state index contributed by atoms with van der Waals surface area (Å²) in [5.74, 6) is 0.233. The first kappa shape index (κ1) is 17.1. The third-order valence-corrected chi connectivity index (χ3v) is 4.25. The van der Waals surface area contributed by atoms with Crippen LogP contribution in [0, 0.1) is 0 Å². The zero-order valence-electron chi connectivity index (χ0n) is 14.1. The fourth-order valence-corrected chi connectivity index (χ4v) is 2.81. The molecule has 1 heterocycles. The number of carbonyl (C=O) groups is 1. The van der Waals surface area contributed by atoms with Crippen LogP contribution in [0.15, 0.2) is 47.3 Å². The van der Waals surface area contributed by atoms with E-state index in [1.54, 1.807) is 68.1 Å². The van der Waals surface area contributed by atoms with Crippen LogP contribution in [0.5, 0.6) is 5.75 Å². The zero-order valence-corrected chi connectivity index (χ0v) is 14.9. The van der Waals surface area contributed by atoms with Crippen LogP contribution in [0.1, 0.15) is 6.92 Å². The van der Waals surface area contributed by atoms with Crippen molar-refractivity contribution in [3.8, 4) is 5.75 Å². The first-order valence-corrected chi connectivity index (χ1v) is 8.13. The largest absolute Gasteiger partial charge is 0.481 e. The van der Waals surface area contributed by atoms with Crippen molar-refractivity contribution in [2.24, 2.45) is 14.1 Å². The molecule has 130 valence electrons. The standard InChI is InChI=1S/C18H18ClN3O3/c1-11(25-14-6-4-5-12(19)9-14)17(23)20-13-7-8-15-16(10-13)22(3)18(24)21(15)2/h4-11H,1-3H3,(H,20,23). The minimum Gasteiger partial charge on any atom is -0.481 e. The number of ether oxygens (including phenoxy) is 1. The summed E-state index contributed by atoms with van der Waals surface area (Å²) in [5.41, 5.74) is 2.03. The quantitative estimate of drug-likeness (QED) is 0.779. The maximum Gasteiger partial charge on any atom is 0.328 e. The lowest BCUT2D eigenvalue weighted by Crippen LogP contribution is -2.30. The topological polar surface area (TPSA) is 65.3 Å². The minimum absolute atomic E-state index is 0.115. The van der Waals surface area contributed by atoms with Crippen LogP contribution in [-0.2, 0) is 18.9 Å². The van der Waals surface area contributed by atoms with Gasteiger partial charge in [-0.1, -0.05) is 17.7 Å². The lowest BCUT2D eigenvalue weighted by molar-refractivity contribution is -0.122. The van der Waals surface area contributed by atoms with Gasteiger partial charge in [-0.2, -0.15) is 0 Å². The summed E-state index contributed by atoms with van der Waals surface area (Å²) in [7, 11) is 3.41. The van der Waals surface area contributed by atoms with Gasteiger partial charge in [0.2, 0.25) is 0 Å². The molecule has 0 saturated carbocycles. The second kappa shape index (κ2) is 6.64. The van der Waals surface area contributed by atoms with Crippen LogP contribution in [0.25, 0.3) is 11.0 Å². The molecular weight excluding hydrogens is 342 g/mol. The number of hydrogen-bond acceptors (Lipinski definition) is 3. The SMILES string of the molecule is CC(Oc1cccc(Cl)c1)C(=O)Nc1ccc2c(c1)n(C)c(=O)n2C. The first-order valence-electron chi connectivity index (χ1n) is 7.75. The molecule has 1 unspecified atom stereocenters. The average Bonchev–Trinajstić information content (AvgIpc) is 2.79. The van der Waals surface area contributed by atoms with Gasteiger partial charge in [-0.25, -0.2) is 4.79 Å². The molecule has 1 aromatic heterocycles. The van der Waals surface area contributed by atoms with Crippen LogP contribution >= 0.6 is 11.6 Å². The summed E-state index contributed by atoms with van der Waals surface area (Å²) in [6, 6.07) is 12.2. The fourth-order valence-electron chi connectivity index (χ4n) is 2.63. The highest BCUT2D eigenvalue weighted by molar-refractivity contribution is 6.30. The van der Waals surface area contributed by atoms with Crippen LogP contribution in [0.3, 0.4) is 0 Å². The number of imidazole rings is 1. The molecule has 0 fully saturated rings. The number of anilines is 1. The minimum atomic E-state index is -0.700. The van der Waals surface area contributed by atoms with E-state index in [4.69, 9.17) is 16.3 Å². The highest BCUT2D eigenvalue weighted by Crippen LogP contribution is 2.20. The Morgan fingerprint density at radius 2 is 1.84 bits per heavy atom. The predicted octanol–water partition coefficient (Wildman–Crippen LogP) is 2.94. The number of aryl methyl sites for hydroxylation is 2. The van der Waals surface area contributed by atoms with Crippen molar-refractivity contribution in [3.63, 3.8) is 0 Å². The van der Waals surface area contributed by atoms with E-state index in [1.807, 2.05) is 0 Å². The maximum absolute atomic E-state index is 12.4. The van der Waals surface area contributed by atoms with Crippen LogP contribution in [0.4, 0.5) is 5.69 Å². The molecule has 6 nitrogen and oxygen atoms in total. The molecule has 0 saturated heterocycles. The van der Waals surface area contributed by atoms with Gasteiger partial charge in [0.1, 0.15) is 5.75 Å². The highest BCUT2D eigenvalue weighted by atomic mass is 35.5. The normalized spacial score (nSPS) is 12.2. The molecule has 1 amide bonds. The number of rotatable bonds is 4. The number of carbonyl (C=O) groups excluding carboxylic acids is 1. The monoisotopic (exact) mass is 359 g/mol. The van der Waals surface area contributed by atoms with Crippen molar-refractivity contribution in [1.29, 1.82) is 0 Å². The van der Waals surface area contributed by atoms with E-state index in [1.165, 1.54) is 4.57 Å². The molecule has 0 aliphatic rings. The molecule has 1 atom stereocenters. The number of nitrogens with one attached hydrogen (secondary N) is 1. The summed E-state index contributed by atoms with van der Waals surface area (Å²) >= 11 is 5.91. The summed E-state index contributed by atoms with van der Waals surface area (Å²) in [6.45, 7) is 1.66. The van der Waals surface area contributed by atoms with Crippen molar-refractivity contribution in [1.82, 2.24) is 9.13 Å². The van der Waals surface area contributed by atoms with E-state index in [-0.39, 0.29) is 11.6 Å². The Labute approximate surface area is 149 Å². The van der Waals surface area contributed by atoms with E-state index in [9.17, 15) is 9.59 Å². The van der Waals surface area contributed by atoms with E-state index in [0.29, 0.717) is 16.5 Å². The van der Waals surface area contributed by atoms with Gasteiger partial charge in [0.15, 0.2) is 6.10 Å². The van der Waals surface area contributed by atoms with Gasteiger partial charge in [0, 0.05) is 24.8 Å². The van der Waals surface area contributed by atoms with Crippen molar-refractivity contribution >= 4 is 34.2 Å². The maximum atomic E-state index is 12.4. The van der Waals surface area contributed by atoms with Crippen molar-refractivity contribution in [2.75, 3.05) is 5.32 Å². The third kappa shape index (κ3) is 3.39. The first-order chi connectivity index (χ1) is 11.9. The molecule has 3 aromatic rings. The number of hydrogen-bond donors (Lipinski definition) is 1. The molecule has 3 rings (SSSR count). The van der Waals surface area contributed by atoms with Gasteiger partial charge in [-0.15, -0.1) is 0 Å². The summed E-state index contributed by atoms with van der Waals surface area (Å²) < 4.78 is 8.71. The zero-order chi connectivity index (χ0) is 18.1. The van der Waals surface area contributed by atoms with Gasteiger partial charge < -0.3 is 10.1 Å². The van der Waals surface area contributed by atoms with E-state index in [2.05, 4.69) is 5.32 Å². The lowest BCUT2D eigenvalue weighted by atomic mass is 10.2. The number of benzene rings is 2. The molecule has 0 spiro atoms. The summed E-state index contributed by atoms with van der Waals surface area (Å²) in [4.78, 5) is 24.3. The average molecular weight is 360 g/mol. The Morgan fingerprint density at radius 3 is 2.56 bits per heavy atom. The number of halogens is 1. The van der Waals surface area contributed by atoms with Gasteiger partial charge in [0.25, 0.3) is 5.91 Å². The van der Waals surface area contributed by atoms with E-state index >= 15 is 0 Å². The highest BCUT2D eigenvalue weighted by Gasteiger charge is 2.16. The molecule has 0 aliphatic carbocycles. The molecule has 2 aromatic carbocycles. The number of nitrogens with zero attached hydrogens (tertiary/aromatic N) is 2. The smallest absolute Gasteiger partial charge is 0.328 e. The van der Waals surface area contributed by atoms with E-state index < -0.39 is 6.10 Å². The summed E-state index contributed by atoms with van der Waals surface area (Å²) in [6.07, 6.45) is -0.700. The van der Waals surface area contributed by atoms with Crippen LogP contribution < -0.4 is 15.7 Å². The molecule has 7 heteroatoms. The molecule has 25 heavy (non-hydrogen) atoms. The fraction of sp³-hybridized carbons (Fsp3) is 0.222. The Morgan fingerprint density at radius 1 is 1.12 bits per heavy atom. The number of amides is 1. The van der Waals surface area contributed by atoms with Crippen molar-refractivity contribution in [3.05, 3.63) is 58.0 Å². The Kier molecular flexibility index (Phi) is 4.55. The molecule has 0 aliphatic heterocycles. The number of aromatic nitrogens is 2. The second-order valence-corrected chi connectivity index (χ2v) is 6.25. The predicted molar refractivity (Wildman–Crippen MR) is 98.3 cm³/mol.